The first-order valence-electron chi connectivity index (χ1n) is 11.6. The number of rotatable bonds is 9. The lowest BCUT2D eigenvalue weighted by Gasteiger charge is -2.26. The Morgan fingerprint density at radius 2 is 1.89 bits per heavy atom. The number of hydrogen-bond donors (Lipinski definition) is 0. The monoisotopic (exact) mass is 527 g/mol. The highest BCUT2D eigenvalue weighted by Crippen LogP contribution is 2.36. The molecule has 2 aromatic carbocycles. The fourth-order valence-corrected chi connectivity index (χ4v) is 4.66. The van der Waals surface area contributed by atoms with Crippen LogP contribution in [0.5, 0.6) is 11.5 Å². The minimum atomic E-state index is -0.544. The van der Waals surface area contributed by atoms with Crippen molar-refractivity contribution in [3.8, 4) is 11.5 Å². The molecule has 11 nitrogen and oxygen atoms in total. The summed E-state index contributed by atoms with van der Waals surface area (Å²) < 4.78 is 16.6. The van der Waals surface area contributed by atoms with Crippen LogP contribution in [-0.2, 0) is 20.9 Å². The number of imide groups is 1. The zero-order valence-electron chi connectivity index (χ0n) is 20.1. The number of morpholine rings is 1. The molecule has 0 N–H and O–H groups in total. The Morgan fingerprint density at radius 3 is 2.62 bits per heavy atom. The van der Waals surface area contributed by atoms with Gasteiger partial charge in [-0.25, -0.2) is 0 Å². The number of nitro benzene ring substituents is 1. The van der Waals surface area contributed by atoms with Gasteiger partial charge in [0.05, 0.1) is 36.2 Å². The maximum atomic E-state index is 13.0. The molecule has 0 bridgehead atoms. The van der Waals surface area contributed by atoms with E-state index in [1.807, 2.05) is 6.92 Å². The molecule has 2 aromatic rings. The maximum absolute atomic E-state index is 13.0. The zero-order chi connectivity index (χ0) is 26.4. The van der Waals surface area contributed by atoms with E-state index in [4.69, 9.17) is 14.2 Å². The van der Waals surface area contributed by atoms with Crippen molar-refractivity contribution in [2.75, 3.05) is 39.5 Å². The van der Waals surface area contributed by atoms with Crippen LogP contribution in [0.4, 0.5) is 10.5 Å². The molecule has 0 aliphatic carbocycles. The van der Waals surface area contributed by atoms with E-state index in [9.17, 15) is 24.5 Å². The van der Waals surface area contributed by atoms with E-state index >= 15 is 0 Å². The second kappa shape index (κ2) is 11.9. The summed E-state index contributed by atoms with van der Waals surface area (Å²) in [4.78, 5) is 51.5. The molecule has 4 rings (SSSR count). The van der Waals surface area contributed by atoms with E-state index in [1.54, 1.807) is 35.2 Å². The topological polar surface area (TPSA) is 129 Å². The molecule has 0 atom stereocenters. The van der Waals surface area contributed by atoms with Gasteiger partial charge in [-0.05, 0) is 42.5 Å². The van der Waals surface area contributed by atoms with Crippen LogP contribution in [0.1, 0.15) is 18.1 Å². The molecule has 2 aliphatic heterocycles. The van der Waals surface area contributed by atoms with Crippen LogP contribution in [-0.4, -0.2) is 71.3 Å². The Kier molecular flexibility index (Phi) is 8.41. The summed E-state index contributed by atoms with van der Waals surface area (Å²) >= 11 is 0.760. The van der Waals surface area contributed by atoms with Crippen molar-refractivity contribution in [3.63, 3.8) is 0 Å². The molecule has 0 spiro atoms. The second-order valence-corrected chi connectivity index (χ2v) is 9.07. The summed E-state index contributed by atoms with van der Waals surface area (Å²) in [6.45, 7) is 3.85. The third-order valence-corrected chi connectivity index (χ3v) is 6.58. The van der Waals surface area contributed by atoms with Crippen molar-refractivity contribution in [1.29, 1.82) is 0 Å². The molecule has 12 heteroatoms. The minimum absolute atomic E-state index is 0.149. The predicted molar refractivity (Wildman–Crippen MR) is 135 cm³/mol. The molecule has 0 unspecified atom stereocenters. The largest absolute Gasteiger partial charge is 0.490 e. The Morgan fingerprint density at radius 1 is 1.14 bits per heavy atom. The average Bonchev–Trinajstić information content (AvgIpc) is 3.16. The normalized spacial score (nSPS) is 16.8. The maximum Gasteiger partial charge on any atom is 0.293 e. The third-order valence-electron chi connectivity index (χ3n) is 5.67. The van der Waals surface area contributed by atoms with E-state index < -0.39 is 16.1 Å². The fourth-order valence-electron chi connectivity index (χ4n) is 3.83. The summed E-state index contributed by atoms with van der Waals surface area (Å²) in [6.07, 6.45) is 1.55. The highest BCUT2D eigenvalue weighted by atomic mass is 32.2. The molecule has 2 fully saturated rings. The van der Waals surface area contributed by atoms with E-state index in [0.717, 1.165) is 16.7 Å². The van der Waals surface area contributed by atoms with E-state index in [1.165, 1.54) is 18.2 Å². The van der Waals surface area contributed by atoms with Gasteiger partial charge in [0.2, 0.25) is 0 Å². The number of para-hydroxylation sites is 1. The van der Waals surface area contributed by atoms with Crippen LogP contribution < -0.4 is 9.47 Å². The highest BCUT2D eigenvalue weighted by molar-refractivity contribution is 8.18. The molecule has 2 saturated heterocycles. The molecule has 0 radical (unpaired) electrons. The van der Waals surface area contributed by atoms with E-state index in [-0.39, 0.29) is 35.2 Å². The van der Waals surface area contributed by atoms with E-state index in [0.29, 0.717) is 50.0 Å². The van der Waals surface area contributed by atoms with Crippen molar-refractivity contribution in [3.05, 3.63) is 68.6 Å². The van der Waals surface area contributed by atoms with Crippen LogP contribution in [0.25, 0.3) is 6.08 Å². The number of ether oxygens (including phenoxy) is 3. The van der Waals surface area contributed by atoms with Crippen molar-refractivity contribution in [2.45, 2.75) is 13.5 Å². The van der Waals surface area contributed by atoms with Crippen molar-refractivity contribution >= 4 is 40.6 Å². The summed E-state index contributed by atoms with van der Waals surface area (Å²) in [6, 6.07) is 11.0. The first-order valence-corrected chi connectivity index (χ1v) is 12.4. The first-order chi connectivity index (χ1) is 17.9. The second-order valence-electron chi connectivity index (χ2n) is 8.07. The lowest BCUT2D eigenvalue weighted by Crippen LogP contribution is -2.43. The quantitative estimate of drug-likeness (QED) is 0.273. The smallest absolute Gasteiger partial charge is 0.293 e. The number of nitro groups is 1. The van der Waals surface area contributed by atoms with Gasteiger partial charge in [0.1, 0.15) is 0 Å². The van der Waals surface area contributed by atoms with Gasteiger partial charge in [0.25, 0.3) is 22.7 Å². The van der Waals surface area contributed by atoms with Crippen LogP contribution >= 0.6 is 11.8 Å². The van der Waals surface area contributed by atoms with E-state index in [2.05, 4.69) is 0 Å². The first kappa shape index (κ1) is 26.2. The van der Waals surface area contributed by atoms with Crippen molar-refractivity contribution in [2.24, 2.45) is 0 Å². The molecule has 3 amide bonds. The molecule has 2 aliphatic rings. The number of nitrogens with zero attached hydrogens (tertiary/aromatic N) is 3. The lowest BCUT2D eigenvalue weighted by atomic mass is 10.1. The highest BCUT2D eigenvalue weighted by Gasteiger charge is 2.36. The summed E-state index contributed by atoms with van der Waals surface area (Å²) in [5.41, 5.74) is 0.698. The van der Waals surface area contributed by atoms with Crippen molar-refractivity contribution in [1.82, 2.24) is 9.80 Å². The van der Waals surface area contributed by atoms with Gasteiger partial charge in [-0.2, -0.15) is 0 Å². The standard InChI is InChI=1S/C25H25N3O8S/c1-2-35-21-13-17(7-8-20(21)36-16-23(29)26-9-11-34-12-10-26)14-22-24(30)27(25(31)37-22)15-18-5-3-4-6-19(18)28(32)33/h3-8,13-14H,2,9-12,15-16H2,1H3/b22-14-. The van der Waals surface area contributed by atoms with Gasteiger partial charge < -0.3 is 19.1 Å². The fraction of sp³-hybridized carbons (Fsp3) is 0.320. The molecule has 194 valence electrons. The third kappa shape index (κ3) is 6.27. The minimum Gasteiger partial charge on any atom is -0.490 e. The Balaban J connectivity index is 1.48. The average molecular weight is 528 g/mol. The van der Waals surface area contributed by atoms with Crippen LogP contribution in [0.2, 0.25) is 0 Å². The Labute approximate surface area is 217 Å². The molecule has 0 aromatic heterocycles. The van der Waals surface area contributed by atoms with Crippen LogP contribution in [0, 0.1) is 10.1 Å². The molecule has 2 heterocycles. The molecule has 37 heavy (non-hydrogen) atoms. The lowest BCUT2D eigenvalue weighted by molar-refractivity contribution is -0.385. The number of benzene rings is 2. The summed E-state index contributed by atoms with van der Waals surface area (Å²) in [7, 11) is 0. The van der Waals surface area contributed by atoms with Crippen LogP contribution in [0.3, 0.4) is 0 Å². The molecular formula is C25H25N3O8S. The van der Waals surface area contributed by atoms with Gasteiger partial charge in [-0.15, -0.1) is 0 Å². The van der Waals surface area contributed by atoms with Gasteiger partial charge in [0.15, 0.2) is 18.1 Å². The van der Waals surface area contributed by atoms with Crippen LogP contribution in [0.15, 0.2) is 47.4 Å². The summed E-state index contributed by atoms with van der Waals surface area (Å²) in [5.74, 6) is 0.0833. The van der Waals surface area contributed by atoms with Gasteiger partial charge in [0, 0.05) is 24.7 Å². The predicted octanol–water partition coefficient (Wildman–Crippen LogP) is 3.47. The van der Waals surface area contributed by atoms with Gasteiger partial charge >= 0.3 is 0 Å². The Hall–Kier alpha value is -3.90. The number of amides is 3. The molecular weight excluding hydrogens is 502 g/mol. The van der Waals surface area contributed by atoms with Gasteiger partial charge in [-0.3, -0.25) is 29.4 Å². The van der Waals surface area contributed by atoms with Crippen molar-refractivity contribution < 1.29 is 33.5 Å². The zero-order valence-corrected chi connectivity index (χ0v) is 20.9. The molecule has 0 saturated carbocycles. The summed E-state index contributed by atoms with van der Waals surface area (Å²) in [5, 5.41) is 10.8. The van der Waals surface area contributed by atoms with Gasteiger partial charge in [-0.1, -0.05) is 24.3 Å². The number of carbonyl (C=O) groups excluding carboxylic acids is 3. The number of hydrogen-bond acceptors (Lipinski definition) is 9. The SMILES string of the molecule is CCOc1cc(/C=C2\SC(=O)N(Cc3ccccc3[N+](=O)[O-])C2=O)ccc1OCC(=O)N1CCOCC1. The number of carbonyl (C=O) groups is 3. The Bertz CT molecular complexity index is 1240. The number of thioether (sulfide) groups is 1.